The van der Waals surface area contributed by atoms with Gasteiger partial charge in [0.1, 0.15) is 17.8 Å². The molecule has 4 amide bonds. The smallest absolute Gasteiger partial charge is 0.271 e. The number of fused-ring (bicyclic) bond motifs is 2. The van der Waals surface area contributed by atoms with E-state index in [0.717, 1.165) is 34.9 Å². The molecule has 2 aromatic carbocycles. The number of benzene rings is 2. The number of nitrogens with zero attached hydrogens (tertiary/aromatic N) is 3. The van der Waals surface area contributed by atoms with Crippen LogP contribution in [-0.2, 0) is 16.1 Å². The minimum atomic E-state index is -0.627. The number of para-hydroxylation sites is 1. The lowest BCUT2D eigenvalue weighted by atomic mass is 9.87. The lowest BCUT2D eigenvalue weighted by Gasteiger charge is -2.32. The Kier molecular flexibility index (Phi) is 5.52. The summed E-state index contributed by atoms with van der Waals surface area (Å²) in [6, 6.07) is 14.8. The fraction of sp³-hybridized carbons (Fsp3) is 0.321. The Hall–Kier alpha value is -4.45. The number of rotatable bonds is 3. The van der Waals surface area contributed by atoms with Crippen LogP contribution in [0.4, 0.5) is 0 Å². The van der Waals surface area contributed by atoms with E-state index in [2.05, 4.69) is 16.4 Å². The molecule has 2 fully saturated rings. The van der Waals surface area contributed by atoms with Crippen LogP contribution in [0.25, 0.3) is 10.9 Å². The number of H-pyrrole nitrogens is 1. The maximum atomic E-state index is 13.3. The van der Waals surface area contributed by atoms with Crippen LogP contribution >= 0.6 is 0 Å². The highest BCUT2D eigenvalue weighted by Crippen LogP contribution is 2.34. The zero-order chi connectivity index (χ0) is 25.7. The first-order chi connectivity index (χ1) is 17.9. The third-order valence-corrected chi connectivity index (χ3v) is 7.83. The third kappa shape index (κ3) is 3.85. The number of carbonyl (C=O) groups is 4. The standard InChI is InChI=1S/C28H25N5O4/c29-14-21-20-3-1-2-4-22(20)30-25(21)28(37)32-11-9-16(10-12-32)17-5-6-19-18(13-17)15-33(27(19)36)23-7-8-24(34)31-26(23)35/h1-6,13,16,23,30H,7-12,15H2,(H,31,34,35). The van der Waals surface area contributed by atoms with Crippen molar-refractivity contribution < 1.29 is 19.2 Å². The van der Waals surface area contributed by atoms with Gasteiger partial charge >= 0.3 is 0 Å². The van der Waals surface area contributed by atoms with E-state index in [1.165, 1.54) is 0 Å². The van der Waals surface area contributed by atoms with Gasteiger partial charge in [-0.15, -0.1) is 0 Å². The number of aromatic nitrogens is 1. The molecule has 0 aliphatic carbocycles. The molecule has 4 heterocycles. The molecule has 3 aromatic rings. The van der Waals surface area contributed by atoms with Gasteiger partial charge in [-0.1, -0.05) is 30.3 Å². The van der Waals surface area contributed by atoms with Gasteiger partial charge in [0.25, 0.3) is 11.8 Å². The van der Waals surface area contributed by atoms with E-state index < -0.39 is 11.9 Å². The summed E-state index contributed by atoms with van der Waals surface area (Å²) in [7, 11) is 0. The molecule has 0 bridgehead atoms. The fourth-order valence-corrected chi connectivity index (χ4v) is 5.84. The van der Waals surface area contributed by atoms with E-state index in [0.29, 0.717) is 42.9 Å². The molecule has 186 valence electrons. The van der Waals surface area contributed by atoms with Crippen molar-refractivity contribution in [2.45, 2.75) is 44.2 Å². The van der Waals surface area contributed by atoms with Crippen LogP contribution in [0.2, 0.25) is 0 Å². The molecule has 1 atom stereocenters. The Labute approximate surface area is 213 Å². The molecule has 6 rings (SSSR count). The Morgan fingerprint density at radius 3 is 2.57 bits per heavy atom. The number of nitrogens with one attached hydrogen (secondary N) is 2. The van der Waals surface area contributed by atoms with Crippen molar-refractivity contribution in [2.24, 2.45) is 0 Å². The van der Waals surface area contributed by atoms with E-state index in [-0.39, 0.29) is 30.1 Å². The van der Waals surface area contributed by atoms with E-state index >= 15 is 0 Å². The lowest BCUT2D eigenvalue weighted by molar-refractivity contribution is -0.136. The van der Waals surface area contributed by atoms with Gasteiger partial charge in [-0.2, -0.15) is 5.26 Å². The molecule has 1 aromatic heterocycles. The summed E-state index contributed by atoms with van der Waals surface area (Å²) in [6.07, 6.45) is 2.12. The number of hydrogen-bond acceptors (Lipinski definition) is 5. The molecular formula is C28H25N5O4. The summed E-state index contributed by atoms with van der Waals surface area (Å²) in [5, 5.41) is 12.7. The van der Waals surface area contributed by atoms with Gasteiger partial charge in [0.2, 0.25) is 11.8 Å². The predicted molar refractivity (Wildman–Crippen MR) is 133 cm³/mol. The minimum Gasteiger partial charge on any atom is -0.349 e. The van der Waals surface area contributed by atoms with Crippen LogP contribution in [0.3, 0.4) is 0 Å². The van der Waals surface area contributed by atoms with Gasteiger partial charge < -0.3 is 14.8 Å². The summed E-state index contributed by atoms with van der Waals surface area (Å²) < 4.78 is 0. The van der Waals surface area contributed by atoms with Crippen LogP contribution in [0, 0.1) is 11.3 Å². The van der Waals surface area contributed by atoms with Crippen LogP contribution in [-0.4, -0.2) is 57.5 Å². The van der Waals surface area contributed by atoms with Crippen LogP contribution in [0.5, 0.6) is 0 Å². The van der Waals surface area contributed by atoms with E-state index in [4.69, 9.17) is 0 Å². The third-order valence-electron chi connectivity index (χ3n) is 7.83. The minimum absolute atomic E-state index is 0.161. The Morgan fingerprint density at radius 2 is 1.81 bits per heavy atom. The monoisotopic (exact) mass is 495 g/mol. The Bertz CT molecular complexity index is 1510. The van der Waals surface area contributed by atoms with Gasteiger partial charge in [-0.25, -0.2) is 0 Å². The predicted octanol–water partition coefficient (Wildman–Crippen LogP) is 2.82. The highest BCUT2D eigenvalue weighted by molar-refractivity contribution is 6.05. The van der Waals surface area contributed by atoms with Crippen LogP contribution in [0.15, 0.2) is 42.5 Å². The van der Waals surface area contributed by atoms with Crippen LogP contribution in [0.1, 0.15) is 69.1 Å². The van der Waals surface area contributed by atoms with Crippen molar-refractivity contribution in [3.05, 3.63) is 70.4 Å². The molecule has 2 N–H and O–H groups in total. The second kappa shape index (κ2) is 8.89. The zero-order valence-corrected chi connectivity index (χ0v) is 20.1. The van der Waals surface area contributed by atoms with Crippen molar-refractivity contribution >= 4 is 34.5 Å². The first-order valence-electron chi connectivity index (χ1n) is 12.5. The number of amides is 4. The topological polar surface area (TPSA) is 126 Å². The second-order valence-corrected chi connectivity index (χ2v) is 9.92. The summed E-state index contributed by atoms with van der Waals surface area (Å²) in [5.74, 6) is -0.809. The van der Waals surface area contributed by atoms with Crippen molar-refractivity contribution in [2.75, 3.05) is 13.1 Å². The largest absolute Gasteiger partial charge is 0.349 e. The van der Waals surface area contributed by atoms with E-state index in [1.54, 1.807) is 9.80 Å². The number of hydrogen-bond donors (Lipinski definition) is 2. The summed E-state index contributed by atoms with van der Waals surface area (Å²) >= 11 is 0. The first-order valence-corrected chi connectivity index (χ1v) is 12.5. The number of nitriles is 1. The number of aromatic amines is 1. The highest BCUT2D eigenvalue weighted by atomic mass is 16.2. The van der Waals surface area contributed by atoms with Crippen molar-refractivity contribution in [1.82, 2.24) is 20.1 Å². The molecule has 0 spiro atoms. The highest BCUT2D eigenvalue weighted by Gasteiger charge is 2.39. The van der Waals surface area contributed by atoms with Gasteiger partial charge in [0.15, 0.2) is 0 Å². The fourth-order valence-electron chi connectivity index (χ4n) is 5.84. The van der Waals surface area contributed by atoms with Gasteiger partial charge in [0.05, 0.1) is 5.56 Å². The quantitative estimate of drug-likeness (QED) is 0.541. The summed E-state index contributed by atoms with van der Waals surface area (Å²) in [6.45, 7) is 1.49. The lowest BCUT2D eigenvalue weighted by Crippen LogP contribution is -2.52. The summed E-state index contributed by atoms with van der Waals surface area (Å²) in [5.41, 5.74) is 4.10. The first kappa shape index (κ1) is 23.0. The molecule has 0 saturated carbocycles. The Balaban J connectivity index is 1.14. The maximum Gasteiger partial charge on any atom is 0.271 e. The zero-order valence-electron chi connectivity index (χ0n) is 20.1. The molecule has 3 aliphatic heterocycles. The molecule has 37 heavy (non-hydrogen) atoms. The summed E-state index contributed by atoms with van der Waals surface area (Å²) in [4.78, 5) is 56.5. The number of piperidine rings is 2. The average molecular weight is 496 g/mol. The maximum absolute atomic E-state index is 13.3. The van der Waals surface area contributed by atoms with E-state index in [1.807, 2.05) is 42.5 Å². The average Bonchev–Trinajstić information content (AvgIpc) is 3.45. The second-order valence-electron chi connectivity index (χ2n) is 9.92. The molecule has 0 radical (unpaired) electrons. The van der Waals surface area contributed by atoms with Crippen molar-refractivity contribution in [3.63, 3.8) is 0 Å². The van der Waals surface area contributed by atoms with Gasteiger partial charge in [-0.05, 0) is 48.4 Å². The molecular weight excluding hydrogens is 470 g/mol. The van der Waals surface area contributed by atoms with Crippen LogP contribution < -0.4 is 5.32 Å². The van der Waals surface area contributed by atoms with Gasteiger partial charge in [-0.3, -0.25) is 24.5 Å². The molecule has 2 saturated heterocycles. The van der Waals surface area contributed by atoms with Crippen molar-refractivity contribution in [1.29, 1.82) is 5.26 Å². The Morgan fingerprint density at radius 1 is 1.03 bits per heavy atom. The molecule has 1 unspecified atom stereocenters. The molecule has 9 heteroatoms. The van der Waals surface area contributed by atoms with Crippen molar-refractivity contribution in [3.8, 4) is 6.07 Å². The van der Waals surface area contributed by atoms with E-state index in [9.17, 15) is 24.4 Å². The molecule has 9 nitrogen and oxygen atoms in total. The normalized spacial score (nSPS) is 20.2. The number of likely N-dealkylation sites (tertiary alicyclic amines) is 1. The van der Waals surface area contributed by atoms with Gasteiger partial charge in [0, 0.05) is 42.5 Å². The molecule has 3 aliphatic rings. The number of imide groups is 1. The SMILES string of the molecule is N#Cc1c(C(=O)N2CCC(c3ccc4c(c3)CN(C3CCC(=O)NC3=O)C4=O)CC2)[nH]c2ccccc12. The number of carbonyl (C=O) groups excluding carboxylic acids is 4.